The predicted octanol–water partition coefficient (Wildman–Crippen LogP) is 3.43. The van der Waals surface area contributed by atoms with E-state index < -0.39 is 5.54 Å². The van der Waals surface area contributed by atoms with E-state index >= 15 is 0 Å². The number of carbonyl (C=O) groups is 2. The molecule has 136 valence electrons. The minimum atomic E-state index is -0.771. The zero-order valence-electron chi connectivity index (χ0n) is 14.7. The maximum Gasteiger partial charge on any atom is 0.255 e. The first-order valence-electron chi connectivity index (χ1n) is 8.66. The van der Waals surface area contributed by atoms with Gasteiger partial charge in [-0.05, 0) is 43.5 Å². The van der Waals surface area contributed by atoms with Crippen LogP contribution in [0.2, 0.25) is 5.02 Å². The Labute approximate surface area is 158 Å². The summed E-state index contributed by atoms with van der Waals surface area (Å²) in [6.07, 6.45) is 1.36. The summed E-state index contributed by atoms with van der Waals surface area (Å²) < 4.78 is 0. The van der Waals surface area contributed by atoms with Crippen LogP contribution < -0.4 is 11.1 Å². The molecule has 0 radical (unpaired) electrons. The van der Waals surface area contributed by atoms with E-state index in [1.165, 1.54) is 0 Å². The van der Waals surface area contributed by atoms with Crippen molar-refractivity contribution >= 4 is 29.1 Å². The Morgan fingerprint density at radius 1 is 1.19 bits per heavy atom. The van der Waals surface area contributed by atoms with Crippen molar-refractivity contribution in [3.05, 3.63) is 64.7 Å². The SMILES string of the molecule is CCN(Cc1ccccc1)C(=O)c1cc(NC(=O)C2(N)CC2)ccc1Cl. The van der Waals surface area contributed by atoms with Crippen LogP contribution in [0, 0.1) is 0 Å². The van der Waals surface area contributed by atoms with Crippen LogP contribution in [0.4, 0.5) is 5.69 Å². The van der Waals surface area contributed by atoms with Crippen LogP contribution in [0.25, 0.3) is 0 Å². The highest BCUT2D eigenvalue weighted by Crippen LogP contribution is 2.33. The molecule has 0 bridgehead atoms. The van der Waals surface area contributed by atoms with Crippen LogP contribution in [-0.4, -0.2) is 28.8 Å². The molecule has 2 aromatic rings. The molecular weight excluding hydrogens is 350 g/mol. The van der Waals surface area contributed by atoms with Crippen molar-refractivity contribution in [1.29, 1.82) is 0 Å². The van der Waals surface area contributed by atoms with Gasteiger partial charge in [0.1, 0.15) is 0 Å². The summed E-state index contributed by atoms with van der Waals surface area (Å²) in [6.45, 7) is 2.97. The first-order valence-corrected chi connectivity index (χ1v) is 9.04. The smallest absolute Gasteiger partial charge is 0.255 e. The minimum Gasteiger partial charge on any atom is -0.335 e. The van der Waals surface area contributed by atoms with Crippen molar-refractivity contribution in [1.82, 2.24) is 4.90 Å². The van der Waals surface area contributed by atoms with Crippen molar-refractivity contribution in [3.8, 4) is 0 Å². The standard InChI is InChI=1S/C20H22ClN3O2/c1-2-24(13-14-6-4-3-5-7-14)18(25)16-12-15(8-9-17(16)21)23-19(26)20(22)10-11-20/h3-9,12H,2,10-11,13,22H2,1H3,(H,23,26). The van der Waals surface area contributed by atoms with Crippen molar-refractivity contribution in [2.24, 2.45) is 5.73 Å². The van der Waals surface area contributed by atoms with E-state index in [0.29, 0.717) is 42.2 Å². The Kier molecular flexibility index (Phi) is 5.30. The molecule has 0 atom stereocenters. The molecule has 0 aliphatic heterocycles. The van der Waals surface area contributed by atoms with Gasteiger partial charge in [0.2, 0.25) is 5.91 Å². The fraction of sp³-hybridized carbons (Fsp3) is 0.300. The van der Waals surface area contributed by atoms with E-state index in [1.807, 2.05) is 37.3 Å². The lowest BCUT2D eigenvalue weighted by Crippen LogP contribution is -2.38. The topological polar surface area (TPSA) is 75.4 Å². The third-order valence-electron chi connectivity index (χ3n) is 4.58. The number of hydrogen-bond donors (Lipinski definition) is 2. The lowest BCUT2D eigenvalue weighted by atomic mass is 10.1. The number of halogens is 1. The molecule has 0 aromatic heterocycles. The van der Waals surface area contributed by atoms with Crippen molar-refractivity contribution in [2.75, 3.05) is 11.9 Å². The molecule has 0 spiro atoms. The second-order valence-corrected chi connectivity index (χ2v) is 7.02. The maximum atomic E-state index is 13.0. The first-order chi connectivity index (χ1) is 12.4. The lowest BCUT2D eigenvalue weighted by Gasteiger charge is -2.22. The lowest BCUT2D eigenvalue weighted by molar-refractivity contribution is -0.118. The number of nitrogens with zero attached hydrogens (tertiary/aromatic N) is 1. The summed E-state index contributed by atoms with van der Waals surface area (Å²) >= 11 is 6.25. The first kappa shape index (κ1) is 18.4. The molecular formula is C20H22ClN3O2. The number of amides is 2. The molecule has 0 heterocycles. The molecule has 6 heteroatoms. The van der Waals surface area contributed by atoms with E-state index in [-0.39, 0.29) is 11.8 Å². The highest BCUT2D eigenvalue weighted by molar-refractivity contribution is 6.34. The molecule has 1 fully saturated rings. The zero-order chi connectivity index (χ0) is 18.7. The van der Waals surface area contributed by atoms with Crippen LogP contribution in [0.15, 0.2) is 48.5 Å². The molecule has 1 aliphatic carbocycles. The van der Waals surface area contributed by atoms with Crippen molar-refractivity contribution in [3.63, 3.8) is 0 Å². The van der Waals surface area contributed by atoms with Crippen LogP contribution >= 0.6 is 11.6 Å². The van der Waals surface area contributed by atoms with Gasteiger partial charge < -0.3 is 16.0 Å². The van der Waals surface area contributed by atoms with E-state index in [0.717, 1.165) is 5.56 Å². The Hall–Kier alpha value is -2.37. The summed E-state index contributed by atoms with van der Waals surface area (Å²) in [5.74, 6) is -0.402. The van der Waals surface area contributed by atoms with Gasteiger partial charge in [0.15, 0.2) is 0 Å². The Balaban J connectivity index is 1.78. The second-order valence-electron chi connectivity index (χ2n) is 6.61. The fourth-order valence-corrected chi connectivity index (χ4v) is 2.88. The van der Waals surface area contributed by atoms with Crippen LogP contribution in [0.5, 0.6) is 0 Å². The summed E-state index contributed by atoms with van der Waals surface area (Å²) in [6, 6.07) is 14.7. The molecule has 26 heavy (non-hydrogen) atoms. The number of rotatable bonds is 6. The molecule has 1 saturated carbocycles. The zero-order valence-corrected chi connectivity index (χ0v) is 15.4. The van der Waals surface area contributed by atoms with E-state index in [9.17, 15) is 9.59 Å². The summed E-state index contributed by atoms with van der Waals surface area (Å²) in [5.41, 5.74) is 7.07. The summed E-state index contributed by atoms with van der Waals surface area (Å²) in [5, 5.41) is 3.14. The number of nitrogens with two attached hydrogens (primary N) is 1. The molecule has 3 N–H and O–H groups in total. The van der Waals surface area contributed by atoms with Gasteiger partial charge in [-0.15, -0.1) is 0 Å². The Morgan fingerprint density at radius 2 is 1.88 bits per heavy atom. The molecule has 3 rings (SSSR count). The average molecular weight is 372 g/mol. The number of nitrogens with one attached hydrogen (secondary N) is 1. The number of carbonyl (C=O) groups excluding carboxylic acids is 2. The van der Waals surface area contributed by atoms with Gasteiger partial charge in [0.05, 0.1) is 16.1 Å². The minimum absolute atomic E-state index is 0.175. The molecule has 5 nitrogen and oxygen atoms in total. The predicted molar refractivity (Wildman–Crippen MR) is 103 cm³/mol. The van der Waals surface area contributed by atoms with Crippen molar-refractivity contribution < 1.29 is 9.59 Å². The van der Waals surface area contributed by atoms with Gasteiger partial charge in [-0.2, -0.15) is 0 Å². The third kappa shape index (κ3) is 4.06. The average Bonchev–Trinajstić information content (AvgIpc) is 3.40. The maximum absolute atomic E-state index is 13.0. The molecule has 1 aliphatic rings. The van der Waals surface area contributed by atoms with E-state index in [1.54, 1.807) is 23.1 Å². The van der Waals surface area contributed by atoms with Gasteiger partial charge in [-0.3, -0.25) is 9.59 Å². The third-order valence-corrected chi connectivity index (χ3v) is 4.91. The highest BCUT2D eigenvalue weighted by atomic mass is 35.5. The second kappa shape index (κ2) is 7.48. The monoisotopic (exact) mass is 371 g/mol. The fourth-order valence-electron chi connectivity index (χ4n) is 2.69. The van der Waals surface area contributed by atoms with E-state index in [2.05, 4.69) is 5.32 Å². The van der Waals surface area contributed by atoms with Crippen molar-refractivity contribution in [2.45, 2.75) is 31.8 Å². The molecule has 2 amide bonds. The van der Waals surface area contributed by atoms with Crippen LogP contribution in [0.1, 0.15) is 35.7 Å². The van der Waals surface area contributed by atoms with Gasteiger partial charge >= 0.3 is 0 Å². The van der Waals surface area contributed by atoms with Gasteiger partial charge in [0, 0.05) is 18.8 Å². The molecule has 0 saturated heterocycles. The summed E-state index contributed by atoms with van der Waals surface area (Å²) in [7, 11) is 0. The highest BCUT2D eigenvalue weighted by Gasteiger charge is 2.46. The molecule has 2 aromatic carbocycles. The quantitative estimate of drug-likeness (QED) is 0.816. The summed E-state index contributed by atoms with van der Waals surface area (Å²) in [4.78, 5) is 26.8. The van der Waals surface area contributed by atoms with Crippen LogP contribution in [0.3, 0.4) is 0 Å². The molecule has 0 unspecified atom stereocenters. The van der Waals surface area contributed by atoms with Gasteiger partial charge in [-0.25, -0.2) is 0 Å². The van der Waals surface area contributed by atoms with Crippen LogP contribution in [-0.2, 0) is 11.3 Å². The largest absolute Gasteiger partial charge is 0.335 e. The Bertz CT molecular complexity index is 819. The Morgan fingerprint density at radius 3 is 2.50 bits per heavy atom. The number of anilines is 1. The van der Waals surface area contributed by atoms with Gasteiger partial charge in [-0.1, -0.05) is 41.9 Å². The van der Waals surface area contributed by atoms with Gasteiger partial charge in [0.25, 0.3) is 5.91 Å². The number of benzene rings is 2. The normalized spacial score (nSPS) is 14.6. The van der Waals surface area contributed by atoms with E-state index in [4.69, 9.17) is 17.3 Å². The number of hydrogen-bond acceptors (Lipinski definition) is 3.